The number of nitrogens with zero attached hydrogens (tertiary/aromatic N) is 2. The molecule has 1 heterocycles. The van der Waals surface area contributed by atoms with Crippen molar-refractivity contribution in [1.29, 1.82) is 5.26 Å². The summed E-state index contributed by atoms with van der Waals surface area (Å²) in [5.41, 5.74) is 2.33. The SMILES string of the molecule is N#Cc1cc(F)cc(Nc2cccc3cc(Br)cnc23)c1. The van der Waals surface area contributed by atoms with Crippen LogP contribution in [0.25, 0.3) is 10.9 Å². The van der Waals surface area contributed by atoms with Crippen molar-refractivity contribution >= 4 is 38.2 Å². The Bertz CT molecular complexity index is 871. The minimum atomic E-state index is -0.451. The van der Waals surface area contributed by atoms with E-state index in [-0.39, 0.29) is 5.56 Å². The molecule has 0 radical (unpaired) electrons. The molecule has 0 aliphatic heterocycles. The van der Waals surface area contributed by atoms with Gasteiger partial charge in [0.05, 0.1) is 22.8 Å². The molecule has 0 saturated carbocycles. The maximum absolute atomic E-state index is 13.5. The van der Waals surface area contributed by atoms with E-state index in [0.717, 1.165) is 21.1 Å². The normalized spacial score (nSPS) is 10.3. The van der Waals surface area contributed by atoms with Gasteiger partial charge in [-0.2, -0.15) is 5.26 Å². The maximum atomic E-state index is 13.5. The molecular weight excluding hydrogens is 333 g/mol. The van der Waals surface area contributed by atoms with Gasteiger partial charge in [-0.05, 0) is 46.3 Å². The summed E-state index contributed by atoms with van der Waals surface area (Å²) in [5, 5.41) is 13.0. The third kappa shape index (κ3) is 2.86. The van der Waals surface area contributed by atoms with Crippen molar-refractivity contribution in [2.45, 2.75) is 0 Å². The van der Waals surface area contributed by atoms with Crippen LogP contribution in [0, 0.1) is 17.1 Å². The van der Waals surface area contributed by atoms with Gasteiger partial charge in [0.1, 0.15) is 5.82 Å². The lowest BCUT2D eigenvalue weighted by molar-refractivity contribution is 0.628. The maximum Gasteiger partial charge on any atom is 0.126 e. The smallest absolute Gasteiger partial charge is 0.126 e. The summed E-state index contributed by atoms with van der Waals surface area (Å²) in [6, 6.07) is 13.7. The van der Waals surface area contributed by atoms with Crippen LogP contribution in [-0.2, 0) is 0 Å². The highest BCUT2D eigenvalue weighted by molar-refractivity contribution is 9.10. The highest BCUT2D eigenvalue weighted by Crippen LogP contribution is 2.27. The zero-order valence-corrected chi connectivity index (χ0v) is 12.4. The molecule has 0 fully saturated rings. The average molecular weight is 342 g/mol. The second kappa shape index (κ2) is 5.51. The highest BCUT2D eigenvalue weighted by Gasteiger charge is 2.05. The molecule has 2 aromatic carbocycles. The van der Waals surface area contributed by atoms with Gasteiger partial charge in [0.2, 0.25) is 0 Å². The fourth-order valence-electron chi connectivity index (χ4n) is 2.12. The van der Waals surface area contributed by atoms with Crippen LogP contribution in [0.4, 0.5) is 15.8 Å². The van der Waals surface area contributed by atoms with Crippen LogP contribution in [0.1, 0.15) is 5.56 Å². The summed E-state index contributed by atoms with van der Waals surface area (Å²) in [6.07, 6.45) is 1.71. The quantitative estimate of drug-likeness (QED) is 0.731. The van der Waals surface area contributed by atoms with Crippen molar-refractivity contribution in [3.8, 4) is 6.07 Å². The van der Waals surface area contributed by atoms with E-state index in [4.69, 9.17) is 5.26 Å². The first kappa shape index (κ1) is 13.5. The van der Waals surface area contributed by atoms with Crippen LogP contribution < -0.4 is 5.32 Å². The number of aromatic nitrogens is 1. The van der Waals surface area contributed by atoms with Gasteiger partial charge >= 0.3 is 0 Å². The average Bonchev–Trinajstić information content (AvgIpc) is 2.46. The lowest BCUT2D eigenvalue weighted by Crippen LogP contribution is -1.94. The second-order valence-electron chi connectivity index (χ2n) is 4.50. The standard InChI is InChI=1S/C16H9BrFN3/c17-12-6-11-2-1-3-15(16(11)20-9-12)21-14-5-10(8-19)4-13(18)7-14/h1-7,9,21H. The first-order valence-corrected chi connectivity index (χ1v) is 6.97. The van der Waals surface area contributed by atoms with E-state index in [9.17, 15) is 4.39 Å². The first-order valence-electron chi connectivity index (χ1n) is 6.18. The molecule has 0 aliphatic rings. The Labute approximate surface area is 129 Å². The molecule has 21 heavy (non-hydrogen) atoms. The number of rotatable bonds is 2. The number of para-hydroxylation sites is 1. The van der Waals surface area contributed by atoms with E-state index < -0.39 is 5.82 Å². The summed E-state index contributed by atoms with van der Waals surface area (Å²) in [5.74, 6) is -0.451. The van der Waals surface area contributed by atoms with Crippen LogP contribution in [0.15, 0.2) is 53.1 Å². The Hall–Kier alpha value is -2.45. The second-order valence-corrected chi connectivity index (χ2v) is 5.41. The van der Waals surface area contributed by atoms with Crippen LogP contribution in [-0.4, -0.2) is 4.98 Å². The number of nitrogens with one attached hydrogen (secondary N) is 1. The van der Waals surface area contributed by atoms with Crippen LogP contribution in [0.2, 0.25) is 0 Å². The van der Waals surface area contributed by atoms with Crippen molar-refractivity contribution in [2.75, 3.05) is 5.32 Å². The van der Waals surface area contributed by atoms with E-state index in [1.54, 1.807) is 12.3 Å². The molecule has 0 atom stereocenters. The zero-order valence-electron chi connectivity index (χ0n) is 10.8. The van der Waals surface area contributed by atoms with Gasteiger partial charge in [0.15, 0.2) is 0 Å². The summed E-state index contributed by atoms with van der Waals surface area (Å²) < 4.78 is 14.4. The number of anilines is 2. The first-order chi connectivity index (χ1) is 10.2. The molecule has 102 valence electrons. The highest BCUT2D eigenvalue weighted by atomic mass is 79.9. The summed E-state index contributed by atoms with van der Waals surface area (Å²) >= 11 is 3.38. The summed E-state index contributed by atoms with van der Waals surface area (Å²) in [7, 11) is 0. The monoisotopic (exact) mass is 341 g/mol. The van der Waals surface area contributed by atoms with Crippen molar-refractivity contribution in [3.63, 3.8) is 0 Å². The van der Waals surface area contributed by atoms with Gasteiger partial charge in [-0.25, -0.2) is 4.39 Å². The number of nitriles is 1. The van der Waals surface area contributed by atoms with Gasteiger partial charge in [-0.1, -0.05) is 12.1 Å². The molecule has 3 rings (SSSR count). The molecule has 0 unspecified atom stereocenters. The van der Waals surface area contributed by atoms with Crippen molar-refractivity contribution < 1.29 is 4.39 Å². The Morgan fingerprint density at radius 1 is 1.19 bits per heavy atom. The molecule has 0 aliphatic carbocycles. The molecule has 3 nitrogen and oxygen atoms in total. The molecule has 0 bridgehead atoms. The van der Waals surface area contributed by atoms with E-state index in [0.29, 0.717) is 5.69 Å². The van der Waals surface area contributed by atoms with Crippen molar-refractivity contribution in [2.24, 2.45) is 0 Å². The Morgan fingerprint density at radius 2 is 2.05 bits per heavy atom. The van der Waals surface area contributed by atoms with Crippen LogP contribution in [0.3, 0.4) is 0 Å². The van der Waals surface area contributed by atoms with E-state index in [2.05, 4.69) is 26.2 Å². The Morgan fingerprint density at radius 3 is 2.86 bits per heavy atom. The third-order valence-corrected chi connectivity index (χ3v) is 3.42. The van der Waals surface area contributed by atoms with E-state index >= 15 is 0 Å². The van der Waals surface area contributed by atoms with Crippen molar-refractivity contribution in [1.82, 2.24) is 4.98 Å². The number of benzene rings is 2. The molecular formula is C16H9BrFN3. The minimum Gasteiger partial charge on any atom is -0.354 e. The van der Waals surface area contributed by atoms with E-state index in [1.807, 2.05) is 30.3 Å². The topological polar surface area (TPSA) is 48.7 Å². The molecule has 1 N–H and O–H groups in total. The molecule has 5 heteroatoms. The third-order valence-electron chi connectivity index (χ3n) is 2.98. The van der Waals surface area contributed by atoms with Crippen molar-refractivity contribution in [3.05, 3.63) is 64.5 Å². The molecule has 0 amide bonds. The fraction of sp³-hybridized carbons (Fsp3) is 0. The summed E-state index contributed by atoms with van der Waals surface area (Å²) in [4.78, 5) is 4.37. The summed E-state index contributed by atoms with van der Waals surface area (Å²) in [6.45, 7) is 0. The van der Waals surface area contributed by atoms with Crippen LogP contribution >= 0.6 is 15.9 Å². The Kier molecular flexibility index (Phi) is 3.55. The van der Waals surface area contributed by atoms with Gasteiger partial charge in [-0.3, -0.25) is 4.98 Å². The fourth-order valence-corrected chi connectivity index (χ4v) is 2.47. The lowest BCUT2D eigenvalue weighted by Gasteiger charge is -2.10. The number of pyridine rings is 1. The van der Waals surface area contributed by atoms with Gasteiger partial charge in [-0.15, -0.1) is 0 Å². The molecule has 1 aromatic heterocycles. The number of halogens is 2. The molecule has 0 saturated heterocycles. The minimum absolute atomic E-state index is 0.272. The van der Waals surface area contributed by atoms with Gasteiger partial charge in [0.25, 0.3) is 0 Å². The number of hydrogen-bond acceptors (Lipinski definition) is 3. The van der Waals surface area contributed by atoms with Crippen LogP contribution in [0.5, 0.6) is 0 Å². The largest absolute Gasteiger partial charge is 0.354 e. The van der Waals surface area contributed by atoms with Gasteiger partial charge < -0.3 is 5.32 Å². The predicted molar refractivity (Wildman–Crippen MR) is 83.8 cm³/mol. The number of hydrogen-bond donors (Lipinski definition) is 1. The molecule has 0 spiro atoms. The van der Waals surface area contributed by atoms with Gasteiger partial charge in [0, 0.05) is 21.7 Å². The van der Waals surface area contributed by atoms with E-state index in [1.165, 1.54) is 12.1 Å². The zero-order chi connectivity index (χ0) is 14.8. The predicted octanol–water partition coefficient (Wildman–Crippen LogP) is 4.75. The molecule has 3 aromatic rings. The Balaban J connectivity index is 2.06. The number of fused-ring (bicyclic) bond motifs is 1. The lowest BCUT2D eigenvalue weighted by atomic mass is 10.1.